The van der Waals surface area contributed by atoms with E-state index in [1.807, 2.05) is 6.08 Å². The number of nitrogens with two attached hydrogens (primary N) is 1. The minimum Gasteiger partial charge on any atom is -0.395 e. The number of unbranched alkanes of at least 4 members (excludes halogenated alkanes) is 1. The first-order chi connectivity index (χ1) is 4.81. The topological polar surface area (TPSA) is 46.2 Å². The maximum Gasteiger partial charge on any atom is 0.0585 e. The molecule has 0 aromatic rings. The summed E-state index contributed by atoms with van der Waals surface area (Å²) in [6, 6.07) is -0.0758. The van der Waals surface area contributed by atoms with Crippen molar-refractivity contribution in [2.24, 2.45) is 5.73 Å². The van der Waals surface area contributed by atoms with Crippen LogP contribution in [0.3, 0.4) is 0 Å². The Morgan fingerprint density at radius 3 is 2.70 bits per heavy atom. The molecule has 3 N–H and O–H groups in total. The zero-order valence-corrected chi connectivity index (χ0v) is 6.59. The number of hydrogen-bond acceptors (Lipinski definition) is 2. The Bertz CT molecular complexity index is 91.3. The quantitative estimate of drug-likeness (QED) is 0.565. The van der Waals surface area contributed by atoms with E-state index >= 15 is 0 Å². The molecule has 0 saturated carbocycles. The molecule has 0 radical (unpaired) electrons. The largest absolute Gasteiger partial charge is 0.395 e. The van der Waals surface area contributed by atoms with Crippen LogP contribution in [0.2, 0.25) is 0 Å². The van der Waals surface area contributed by atoms with E-state index in [9.17, 15) is 0 Å². The summed E-state index contributed by atoms with van der Waals surface area (Å²) in [4.78, 5) is 0. The van der Waals surface area contributed by atoms with Crippen LogP contribution in [0.1, 0.15) is 26.2 Å². The molecule has 0 aromatic heterocycles. The highest BCUT2D eigenvalue weighted by Gasteiger charge is 1.93. The van der Waals surface area contributed by atoms with Crippen LogP contribution < -0.4 is 5.73 Å². The van der Waals surface area contributed by atoms with Crippen molar-refractivity contribution < 1.29 is 5.11 Å². The van der Waals surface area contributed by atoms with Gasteiger partial charge in [0.05, 0.1) is 6.61 Å². The van der Waals surface area contributed by atoms with Gasteiger partial charge < -0.3 is 10.8 Å². The van der Waals surface area contributed by atoms with E-state index in [2.05, 4.69) is 13.0 Å². The van der Waals surface area contributed by atoms with E-state index < -0.39 is 0 Å². The summed E-state index contributed by atoms with van der Waals surface area (Å²) in [5.74, 6) is 0. The third-order valence-corrected chi connectivity index (χ3v) is 1.30. The van der Waals surface area contributed by atoms with Crippen molar-refractivity contribution in [1.82, 2.24) is 0 Å². The minimum atomic E-state index is -0.0758. The molecule has 0 aromatic carbocycles. The van der Waals surface area contributed by atoms with Crippen LogP contribution in [-0.4, -0.2) is 17.8 Å². The second-order valence-corrected chi connectivity index (χ2v) is 2.44. The highest BCUT2D eigenvalue weighted by Crippen LogP contribution is 1.93. The SMILES string of the molecule is CCC/C=C/CC(N)CO. The zero-order valence-electron chi connectivity index (χ0n) is 6.59. The lowest BCUT2D eigenvalue weighted by molar-refractivity contribution is 0.266. The van der Waals surface area contributed by atoms with Crippen molar-refractivity contribution in [2.75, 3.05) is 6.61 Å². The molecule has 0 aliphatic carbocycles. The summed E-state index contributed by atoms with van der Waals surface area (Å²) >= 11 is 0. The smallest absolute Gasteiger partial charge is 0.0585 e. The van der Waals surface area contributed by atoms with Crippen molar-refractivity contribution in [1.29, 1.82) is 0 Å². The Morgan fingerprint density at radius 2 is 2.20 bits per heavy atom. The van der Waals surface area contributed by atoms with Gasteiger partial charge in [-0.15, -0.1) is 0 Å². The maximum absolute atomic E-state index is 8.53. The molecule has 60 valence electrons. The molecule has 2 nitrogen and oxygen atoms in total. The molecular weight excluding hydrogens is 126 g/mol. The van der Waals surface area contributed by atoms with Gasteiger partial charge in [-0.25, -0.2) is 0 Å². The van der Waals surface area contributed by atoms with E-state index in [1.54, 1.807) is 0 Å². The molecular formula is C8H17NO. The molecule has 0 amide bonds. The minimum absolute atomic E-state index is 0.0758. The standard InChI is InChI=1S/C8H17NO/c1-2-3-4-5-6-8(9)7-10/h4-5,8,10H,2-3,6-7,9H2,1H3/b5-4+. The lowest BCUT2D eigenvalue weighted by Gasteiger charge is -2.01. The molecule has 0 bridgehead atoms. The molecule has 0 spiro atoms. The Morgan fingerprint density at radius 1 is 1.50 bits per heavy atom. The van der Waals surface area contributed by atoms with Crippen molar-refractivity contribution >= 4 is 0 Å². The van der Waals surface area contributed by atoms with E-state index in [0.717, 1.165) is 12.8 Å². The predicted molar refractivity (Wildman–Crippen MR) is 43.7 cm³/mol. The maximum atomic E-state index is 8.53. The zero-order chi connectivity index (χ0) is 7.82. The molecule has 0 aliphatic rings. The van der Waals surface area contributed by atoms with Gasteiger partial charge in [0.15, 0.2) is 0 Å². The third kappa shape index (κ3) is 5.79. The summed E-state index contributed by atoms with van der Waals surface area (Å²) in [5, 5.41) is 8.53. The number of aliphatic hydroxyl groups excluding tert-OH is 1. The Hall–Kier alpha value is -0.340. The first-order valence-corrected chi connectivity index (χ1v) is 3.82. The average molecular weight is 143 g/mol. The lowest BCUT2D eigenvalue weighted by atomic mass is 10.2. The summed E-state index contributed by atoms with van der Waals surface area (Å²) < 4.78 is 0. The lowest BCUT2D eigenvalue weighted by Crippen LogP contribution is -2.22. The van der Waals surface area contributed by atoms with E-state index in [0.29, 0.717) is 0 Å². The fourth-order valence-corrected chi connectivity index (χ4v) is 0.630. The Labute approximate surface area is 62.7 Å². The van der Waals surface area contributed by atoms with E-state index in [1.165, 1.54) is 6.42 Å². The van der Waals surface area contributed by atoms with Gasteiger partial charge in [0.2, 0.25) is 0 Å². The van der Waals surface area contributed by atoms with Crippen LogP contribution in [0.15, 0.2) is 12.2 Å². The first-order valence-electron chi connectivity index (χ1n) is 3.82. The second-order valence-electron chi connectivity index (χ2n) is 2.44. The molecule has 2 heteroatoms. The van der Waals surface area contributed by atoms with Crippen molar-refractivity contribution in [2.45, 2.75) is 32.2 Å². The molecule has 0 heterocycles. The molecule has 1 unspecified atom stereocenters. The number of rotatable bonds is 5. The van der Waals surface area contributed by atoms with E-state index in [-0.39, 0.29) is 12.6 Å². The average Bonchev–Trinajstić information content (AvgIpc) is 1.98. The second kappa shape index (κ2) is 6.78. The van der Waals surface area contributed by atoms with Gasteiger partial charge in [0.25, 0.3) is 0 Å². The molecule has 0 saturated heterocycles. The van der Waals surface area contributed by atoms with Crippen LogP contribution in [0, 0.1) is 0 Å². The van der Waals surface area contributed by atoms with Gasteiger partial charge in [-0.1, -0.05) is 25.5 Å². The van der Waals surface area contributed by atoms with Gasteiger partial charge in [-0.05, 0) is 12.8 Å². The molecule has 1 atom stereocenters. The third-order valence-electron chi connectivity index (χ3n) is 1.30. The van der Waals surface area contributed by atoms with Crippen molar-refractivity contribution in [3.63, 3.8) is 0 Å². The van der Waals surface area contributed by atoms with Crippen LogP contribution in [0.25, 0.3) is 0 Å². The summed E-state index contributed by atoms with van der Waals surface area (Å²) in [6.45, 7) is 2.22. The Balaban J connectivity index is 3.16. The first kappa shape index (κ1) is 9.66. The molecule has 10 heavy (non-hydrogen) atoms. The summed E-state index contributed by atoms with van der Waals surface area (Å²) in [5.41, 5.74) is 5.45. The van der Waals surface area contributed by atoms with E-state index in [4.69, 9.17) is 10.8 Å². The van der Waals surface area contributed by atoms with Gasteiger partial charge in [-0.2, -0.15) is 0 Å². The van der Waals surface area contributed by atoms with Crippen molar-refractivity contribution in [3.8, 4) is 0 Å². The van der Waals surface area contributed by atoms with Gasteiger partial charge in [-0.3, -0.25) is 0 Å². The highest BCUT2D eigenvalue weighted by molar-refractivity contribution is 4.84. The Kier molecular flexibility index (Phi) is 6.55. The molecule has 0 aliphatic heterocycles. The van der Waals surface area contributed by atoms with Crippen molar-refractivity contribution in [3.05, 3.63) is 12.2 Å². The predicted octanol–water partition coefficient (Wildman–Crippen LogP) is 1.05. The van der Waals surface area contributed by atoms with Gasteiger partial charge in [0, 0.05) is 6.04 Å². The van der Waals surface area contributed by atoms with Crippen LogP contribution in [0.4, 0.5) is 0 Å². The monoisotopic (exact) mass is 143 g/mol. The number of hydrogen-bond donors (Lipinski definition) is 2. The fourth-order valence-electron chi connectivity index (χ4n) is 0.630. The summed E-state index contributed by atoms with van der Waals surface area (Å²) in [7, 11) is 0. The molecule has 0 rings (SSSR count). The van der Waals surface area contributed by atoms with Crippen LogP contribution >= 0.6 is 0 Å². The summed E-state index contributed by atoms with van der Waals surface area (Å²) in [6.07, 6.45) is 7.21. The van der Waals surface area contributed by atoms with Gasteiger partial charge in [0.1, 0.15) is 0 Å². The van der Waals surface area contributed by atoms with Crippen LogP contribution in [-0.2, 0) is 0 Å². The van der Waals surface area contributed by atoms with Crippen LogP contribution in [0.5, 0.6) is 0 Å². The normalized spacial score (nSPS) is 14.3. The fraction of sp³-hybridized carbons (Fsp3) is 0.750. The number of aliphatic hydroxyl groups is 1. The highest BCUT2D eigenvalue weighted by atomic mass is 16.3. The number of allylic oxidation sites excluding steroid dienone is 1. The molecule has 0 fully saturated rings. The van der Waals surface area contributed by atoms with Gasteiger partial charge >= 0.3 is 0 Å².